The number of pyridine rings is 1. The Balaban J connectivity index is 1.50. The Morgan fingerprint density at radius 3 is 3.10 bits per heavy atom. The molecule has 1 N–H and O–H groups in total. The minimum absolute atomic E-state index is 0.789. The number of nitrogens with one attached hydrogen (secondary N) is 1. The SMILES string of the molecule is c1ccc(-c2nc(CNCC3CCCCS3)cs2)nc1. The summed E-state index contributed by atoms with van der Waals surface area (Å²) in [5.41, 5.74) is 2.09. The first-order chi connectivity index (χ1) is 9.92. The van der Waals surface area contributed by atoms with Crippen LogP contribution in [0.25, 0.3) is 10.7 Å². The molecule has 1 fully saturated rings. The molecule has 0 radical (unpaired) electrons. The monoisotopic (exact) mass is 305 g/mol. The molecule has 1 atom stereocenters. The Bertz CT molecular complexity index is 521. The molecule has 3 nitrogen and oxygen atoms in total. The van der Waals surface area contributed by atoms with Gasteiger partial charge in [0.15, 0.2) is 0 Å². The van der Waals surface area contributed by atoms with Crippen molar-refractivity contribution in [2.75, 3.05) is 12.3 Å². The lowest BCUT2D eigenvalue weighted by Crippen LogP contribution is -2.26. The predicted molar refractivity (Wildman–Crippen MR) is 87.1 cm³/mol. The van der Waals surface area contributed by atoms with Crippen LogP contribution in [0.2, 0.25) is 0 Å². The van der Waals surface area contributed by atoms with Crippen molar-refractivity contribution in [3.05, 3.63) is 35.5 Å². The normalized spacial score (nSPS) is 19.1. The summed E-state index contributed by atoms with van der Waals surface area (Å²) in [5.74, 6) is 1.33. The van der Waals surface area contributed by atoms with Gasteiger partial charge in [-0.25, -0.2) is 4.98 Å². The van der Waals surface area contributed by atoms with Gasteiger partial charge in [0.2, 0.25) is 0 Å². The summed E-state index contributed by atoms with van der Waals surface area (Å²) in [6.45, 7) is 1.96. The van der Waals surface area contributed by atoms with Crippen LogP contribution in [-0.2, 0) is 6.54 Å². The van der Waals surface area contributed by atoms with Gasteiger partial charge < -0.3 is 5.32 Å². The maximum atomic E-state index is 4.65. The average Bonchev–Trinajstić information content (AvgIpc) is 2.98. The van der Waals surface area contributed by atoms with Crippen LogP contribution in [0, 0.1) is 0 Å². The molecule has 2 aromatic heterocycles. The zero-order chi connectivity index (χ0) is 13.6. The molecule has 0 aromatic carbocycles. The van der Waals surface area contributed by atoms with Crippen molar-refractivity contribution in [2.45, 2.75) is 31.1 Å². The first-order valence-corrected chi connectivity index (χ1v) is 9.03. The van der Waals surface area contributed by atoms with Gasteiger partial charge in [-0.05, 0) is 30.7 Å². The van der Waals surface area contributed by atoms with Crippen LogP contribution < -0.4 is 5.32 Å². The van der Waals surface area contributed by atoms with E-state index in [1.807, 2.05) is 24.4 Å². The molecule has 106 valence electrons. The second-order valence-electron chi connectivity index (χ2n) is 4.98. The van der Waals surface area contributed by atoms with Crippen LogP contribution in [0.5, 0.6) is 0 Å². The Hall–Kier alpha value is -0.910. The van der Waals surface area contributed by atoms with E-state index in [9.17, 15) is 0 Å². The fraction of sp³-hybridized carbons (Fsp3) is 0.467. The summed E-state index contributed by atoms with van der Waals surface area (Å²) in [5, 5.41) is 7.47. The zero-order valence-corrected chi connectivity index (χ0v) is 13.1. The highest BCUT2D eigenvalue weighted by Gasteiger charge is 2.13. The first kappa shape index (κ1) is 14.0. The lowest BCUT2D eigenvalue weighted by atomic mass is 10.2. The number of hydrogen-bond donors (Lipinski definition) is 1. The van der Waals surface area contributed by atoms with Crippen molar-refractivity contribution in [2.24, 2.45) is 0 Å². The van der Waals surface area contributed by atoms with Gasteiger partial charge in [-0.1, -0.05) is 12.5 Å². The Labute approximate surface area is 128 Å². The summed E-state index contributed by atoms with van der Waals surface area (Å²) in [7, 11) is 0. The largest absolute Gasteiger partial charge is 0.310 e. The molecule has 0 aliphatic carbocycles. The molecule has 1 aliphatic heterocycles. The average molecular weight is 305 g/mol. The number of thioether (sulfide) groups is 1. The van der Waals surface area contributed by atoms with Crippen molar-refractivity contribution >= 4 is 23.1 Å². The molecule has 1 unspecified atom stereocenters. The van der Waals surface area contributed by atoms with Crippen LogP contribution in [0.3, 0.4) is 0 Å². The van der Waals surface area contributed by atoms with Gasteiger partial charge in [0.05, 0.1) is 11.4 Å². The third-order valence-corrected chi connectivity index (χ3v) is 5.70. The molecule has 0 saturated carbocycles. The quantitative estimate of drug-likeness (QED) is 0.916. The van der Waals surface area contributed by atoms with Crippen LogP contribution >= 0.6 is 23.1 Å². The van der Waals surface area contributed by atoms with E-state index in [1.165, 1.54) is 25.0 Å². The Kier molecular flexibility index (Phi) is 5.06. The van der Waals surface area contributed by atoms with Crippen LogP contribution in [0.4, 0.5) is 0 Å². The Morgan fingerprint density at radius 2 is 2.30 bits per heavy atom. The molecular formula is C15H19N3S2. The number of thiazole rings is 1. The van der Waals surface area contributed by atoms with Crippen molar-refractivity contribution in [1.29, 1.82) is 0 Å². The van der Waals surface area contributed by atoms with Crippen molar-refractivity contribution in [3.63, 3.8) is 0 Å². The summed E-state index contributed by atoms with van der Waals surface area (Å²) >= 11 is 3.78. The van der Waals surface area contributed by atoms with Gasteiger partial charge in [0, 0.05) is 29.9 Å². The van der Waals surface area contributed by atoms with Gasteiger partial charge in [-0.15, -0.1) is 11.3 Å². The predicted octanol–water partition coefficient (Wildman–Crippen LogP) is 3.58. The molecule has 0 spiro atoms. The van der Waals surface area contributed by atoms with Crippen molar-refractivity contribution in [1.82, 2.24) is 15.3 Å². The second-order valence-corrected chi connectivity index (χ2v) is 7.24. The van der Waals surface area contributed by atoms with E-state index in [0.29, 0.717) is 0 Å². The van der Waals surface area contributed by atoms with Crippen LogP contribution in [-0.4, -0.2) is 27.5 Å². The molecule has 0 amide bonds. The second kappa shape index (κ2) is 7.20. The lowest BCUT2D eigenvalue weighted by Gasteiger charge is -2.21. The van der Waals surface area contributed by atoms with Crippen LogP contribution in [0.15, 0.2) is 29.8 Å². The van der Waals surface area contributed by atoms with Gasteiger partial charge >= 0.3 is 0 Å². The number of rotatable bonds is 5. The van der Waals surface area contributed by atoms with E-state index in [1.54, 1.807) is 11.3 Å². The standard InChI is InChI=1S/C15H19N3S2/c1-3-7-17-14(6-1)15-18-12(11-20-15)9-16-10-13-5-2-4-8-19-13/h1,3,6-7,11,13,16H,2,4-5,8-10H2. The summed E-state index contributed by atoms with van der Waals surface area (Å²) in [6, 6.07) is 5.94. The highest BCUT2D eigenvalue weighted by atomic mass is 32.2. The van der Waals surface area contributed by atoms with Gasteiger partial charge in [0.25, 0.3) is 0 Å². The summed E-state index contributed by atoms with van der Waals surface area (Å²) < 4.78 is 0. The smallest absolute Gasteiger partial charge is 0.142 e. The minimum Gasteiger partial charge on any atom is -0.310 e. The van der Waals surface area contributed by atoms with E-state index in [2.05, 4.69) is 32.4 Å². The third kappa shape index (κ3) is 3.81. The third-order valence-electron chi connectivity index (χ3n) is 3.39. The number of nitrogens with zero attached hydrogens (tertiary/aromatic N) is 2. The van der Waals surface area contributed by atoms with E-state index in [4.69, 9.17) is 0 Å². The van der Waals surface area contributed by atoms with Crippen LogP contribution in [0.1, 0.15) is 25.0 Å². The number of aromatic nitrogens is 2. The number of hydrogen-bond acceptors (Lipinski definition) is 5. The van der Waals surface area contributed by atoms with Crippen molar-refractivity contribution in [3.8, 4) is 10.7 Å². The summed E-state index contributed by atoms with van der Waals surface area (Å²) in [6.07, 6.45) is 5.95. The maximum Gasteiger partial charge on any atom is 0.142 e. The fourth-order valence-electron chi connectivity index (χ4n) is 2.32. The fourth-order valence-corrected chi connectivity index (χ4v) is 4.39. The van der Waals surface area contributed by atoms with E-state index < -0.39 is 0 Å². The molecule has 20 heavy (non-hydrogen) atoms. The van der Waals surface area contributed by atoms with E-state index in [0.717, 1.165) is 34.7 Å². The van der Waals surface area contributed by atoms with Gasteiger partial charge in [-0.2, -0.15) is 11.8 Å². The van der Waals surface area contributed by atoms with Gasteiger partial charge in [-0.3, -0.25) is 4.98 Å². The van der Waals surface area contributed by atoms with E-state index in [-0.39, 0.29) is 0 Å². The Morgan fingerprint density at radius 1 is 1.30 bits per heavy atom. The zero-order valence-electron chi connectivity index (χ0n) is 11.4. The topological polar surface area (TPSA) is 37.8 Å². The minimum atomic E-state index is 0.789. The first-order valence-electron chi connectivity index (χ1n) is 7.10. The highest BCUT2D eigenvalue weighted by Crippen LogP contribution is 2.24. The highest BCUT2D eigenvalue weighted by molar-refractivity contribution is 7.99. The van der Waals surface area contributed by atoms with Crippen molar-refractivity contribution < 1.29 is 0 Å². The molecular weight excluding hydrogens is 286 g/mol. The molecule has 0 bridgehead atoms. The molecule has 3 heterocycles. The molecule has 3 rings (SSSR count). The molecule has 5 heteroatoms. The lowest BCUT2D eigenvalue weighted by molar-refractivity contribution is 0.594. The molecule has 2 aromatic rings. The maximum absolute atomic E-state index is 4.65. The van der Waals surface area contributed by atoms with E-state index >= 15 is 0 Å². The van der Waals surface area contributed by atoms with Gasteiger partial charge in [0.1, 0.15) is 5.01 Å². The molecule has 1 aliphatic rings. The summed E-state index contributed by atoms with van der Waals surface area (Å²) in [4.78, 5) is 8.99. The molecule has 1 saturated heterocycles.